The smallest absolute Gasteiger partial charge is 0.335 e. The number of carboxylic acids is 1. The number of hydrogen-bond acceptors (Lipinski definition) is 4. The summed E-state index contributed by atoms with van der Waals surface area (Å²) in [6.45, 7) is 4.80. The van der Waals surface area contributed by atoms with Crippen molar-refractivity contribution in [2.45, 2.75) is 30.4 Å². The van der Waals surface area contributed by atoms with Crippen molar-refractivity contribution in [3.63, 3.8) is 0 Å². The van der Waals surface area contributed by atoms with Crippen LogP contribution >= 0.6 is 11.8 Å². The van der Waals surface area contributed by atoms with Crippen LogP contribution in [-0.2, 0) is 16.4 Å². The van der Waals surface area contributed by atoms with Crippen LogP contribution in [-0.4, -0.2) is 47.9 Å². The average molecular weight is 329 g/mol. The second kappa shape index (κ2) is 6.37. The van der Waals surface area contributed by atoms with Gasteiger partial charge in [0.1, 0.15) is 0 Å². The van der Waals surface area contributed by atoms with Gasteiger partial charge in [-0.25, -0.2) is 13.2 Å². The first kappa shape index (κ1) is 16.3. The number of aromatic carboxylic acids is 1. The van der Waals surface area contributed by atoms with Crippen molar-refractivity contribution >= 4 is 27.8 Å². The number of sulfonamides is 1. The number of carbonyl (C=O) groups is 1. The van der Waals surface area contributed by atoms with Gasteiger partial charge in [-0.2, -0.15) is 16.1 Å². The lowest BCUT2D eigenvalue weighted by atomic mass is 10.1. The molecular formula is C14H19NO4S2. The van der Waals surface area contributed by atoms with Crippen LogP contribution in [0.15, 0.2) is 23.1 Å². The highest BCUT2D eigenvalue weighted by atomic mass is 32.2. The van der Waals surface area contributed by atoms with Crippen molar-refractivity contribution in [1.29, 1.82) is 0 Å². The third kappa shape index (κ3) is 3.41. The van der Waals surface area contributed by atoms with E-state index in [4.69, 9.17) is 5.11 Å². The number of aryl methyl sites for hydroxylation is 1. The third-order valence-corrected chi connectivity index (χ3v) is 6.60. The molecule has 21 heavy (non-hydrogen) atoms. The van der Waals surface area contributed by atoms with Crippen LogP contribution in [0.4, 0.5) is 0 Å². The van der Waals surface area contributed by atoms with Gasteiger partial charge in [0.05, 0.1) is 10.5 Å². The van der Waals surface area contributed by atoms with Crippen LogP contribution in [0.3, 0.4) is 0 Å². The third-order valence-electron chi connectivity index (χ3n) is 3.52. The quantitative estimate of drug-likeness (QED) is 0.915. The van der Waals surface area contributed by atoms with Gasteiger partial charge in [-0.15, -0.1) is 0 Å². The van der Waals surface area contributed by atoms with E-state index in [1.807, 2.05) is 13.8 Å². The van der Waals surface area contributed by atoms with Crippen LogP contribution in [0.5, 0.6) is 0 Å². The van der Waals surface area contributed by atoms with Gasteiger partial charge in [0.2, 0.25) is 10.0 Å². The van der Waals surface area contributed by atoms with Crippen LogP contribution < -0.4 is 0 Å². The van der Waals surface area contributed by atoms with E-state index in [0.717, 1.165) is 5.75 Å². The fourth-order valence-electron chi connectivity index (χ4n) is 2.36. The summed E-state index contributed by atoms with van der Waals surface area (Å²) in [5, 5.41) is 9.33. The molecule has 1 unspecified atom stereocenters. The summed E-state index contributed by atoms with van der Waals surface area (Å²) in [6.07, 6.45) is 0.548. The molecule has 0 amide bonds. The van der Waals surface area contributed by atoms with Crippen molar-refractivity contribution in [2.75, 3.05) is 18.8 Å². The number of carboxylic acid groups (broad SMARTS) is 1. The highest BCUT2D eigenvalue weighted by Gasteiger charge is 2.30. The first-order valence-corrected chi connectivity index (χ1v) is 9.33. The normalized spacial score (nSPS) is 20.4. The minimum Gasteiger partial charge on any atom is -0.478 e. The predicted octanol–water partition coefficient (Wildman–Crippen LogP) is 2.07. The lowest BCUT2D eigenvalue weighted by Crippen LogP contribution is -2.41. The van der Waals surface area contributed by atoms with Crippen molar-refractivity contribution < 1.29 is 18.3 Å². The molecule has 1 fully saturated rings. The van der Waals surface area contributed by atoms with E-state index >= 15 is 0 Å². The summed E-state index contributed by atoms with van der Waals surface area (Å²) in [5.74, 6) is -0.350. The summed E-state index contributed by atoms with van der Waals surface area (Å²) in [4.78, 5) is 11.2. The zero-order valence-electron chi connectivity index (χ0n) is 12.1. The summed E-state index contributed by atoms with van der Waals surface area (Å²) >= 11 is 1.75. The summed E-state index contributed by atoms with van der Waals surface area (Å²) in [6, 6.07) is 4.33. The standard InChI is InChI=1S/C14H19NO4S2/c1-3-11-4-5-12(14(16)17)8-13(11)21(18,19)15-6-7-20-10(2)9-15/h4-5,8,10H,3,6-7,9H2,1-2H3,(H,16,17). The summed E-state index contributed by atoms with van der Waals surface area (Å²) in [7, 11) is -3.64. The maximum absolute atomic E-state index is 12.8. The van der Waals surface area contributed by atoms with Crippen molar-refractivity contribution in [2.24, 2.45) is 0 Å². The van der Waals surface area contributed by atoms with Crippen LogP contribution in [0.2, 0.25) is 0 Å². The van der Waals surface area contributed by atoms with E-state index in [-0.39, 0.29) is 15.7 Å². The van der Waals surface area contributed by atoms with Gasteiger partial charge in [0.15, 0.2) is 0 Å². The molecule has 1 aliphatic rings. The molecule has 2 rings (SSSR count). The second-order valence-electron chi connectivity index (χ2n) is 5.03. The Morgan fingerprint density at radius 2 is 2.19 bits per heavy atom. The number of thioether (sulfide) groups is 1. The largest absolute Gasteiger partial charge is 0.478 e. The molecule has 1 heterocycles. The maximum atomic E-state index is 12.8. The van der Waals surface area contributed by atoms with Crippen LogP contribution in [0.1, 0.15) is 29.8 Å². The highest BCUT2D eigenvalue weighted by Crippen LogP contribution is 2.27. The first-order chi connectivity index (χ1) is 9.86. The second-order valence-corrected chi connectivity index (χ2v) is 8.48. The first-order valence-electron chi connectivity index (χ1n) is 6.84. The van der Waals surface area contributed by atoms with Crippen LogP contribution in [0.25, 0.3) is 0 Å². The van der Waals surface area contributed by atoms with Gasteiger partial charge in [-0.05, 0) is 24.1 Å². The molecule has 1 aromatic rings. The molecule has 1 atom stereocenters. The molecule has 0 radical (unpaired) electrons. The van der Waals surface area contributed by atoms with Gasteiger partial charge in [-0.3, -0.25) is 0 Å². The Labute approximate surface area is 129 Å². The molecule has 1 aliphatic heterocycles. The van der Waals surface area contributed by atoms with Gasteiger partial charge in [-0.1, -0.05) is 19.9 Å². The van der Waals surface area contributed by atoms with Gasteiger partial charge in [0, 0.05) is 24.1 Å². The Kier molecular flexibility index (Phi) is 4.95. The lowest BCUT2D eigenvalue weighted by Gasteiger charge is -2.30. The zero-order chi connectivity index (χ0) is 15.6. The van der Waals surface area contributed by atoms with Gasteiger partial charge in [0.25, 0.3) is 0 Å². The molecule has 116 valence electrons. The zero-order valence-corrected chi connectivity index (χ0v) is 13.7. The van der Waals surface area contributed by atoms with E-state index in [1.54, 1.807) is 17.8 Å². The van der Waals surface area contributed by atoms with Crippen molar-refractivity contribution in [3.8, 4) is 0 Å². The topological polar surface area (TPSA) is 74.7 Å². The molecule has 1 aromatic carbocycles. The summed E-state index contributed by atoms with van der Waals surface area (Å²) in [5.41, 5.74) is 0.663. The average Bonchev–Trinajstić information content (AvgIpc) is 2.46. The summed E-state index contributed by atoms with van der Waals surface area (Å²) < 4.78 is 27.1. The maximum Gasteiger partial charge on any atom is 0.335 e. The SMILES string of the molecule is CCc1ccc(C(=O)O)cc1S(=O)(=O)N1CCSC(C)C1. The van der Waals surface area contributed by atoms with E-state index in [1.165, 1.54) is 16.4 Å². The number of hydrogen-bond donors (Lipinski definition) is 1. The minimum absolute atomic E-state index is 0.00482. The Morgan fingerprint density at radius 3 is 2.76 bits per heavy atom. The monoisotopic (exact) mass is 329 g/mol. The Balaban J connectivity index is 2.47. The molecule has 0 spiro atoms. The Morgan fingerprint density at radius 1 is 1.48 bits per heavy atom. The van der Waals surface area contributed by atoms with E-state index in [2.05, 4.69) is 0 Å². The molecule has 1 N–H and O–H groups in total. The number of benzene rings is 1. The molecule has 0 saturated carbocycles. The fraction of sp³-hybridized carbons (Fsp3) is 0.500. The van der Waals surface area contributed by atoms with Gasteiger partial charge < -0.3 is 5.11 Å². The fourth-order valence-corrected chi connectivity index (χ4v) is 5.44. The lowest BCUT2D eigenvalue weighted by molar-refractivity contribution is 0.0696. The predicted molar refractivity (Wildman–Crippen MR) is 83.5 cm³/mol. The van der Waals surface area contributed by atoms with Crippen molar-refractivity contribution in [3.05, 3.63) is 29.3 Å². The molecule has 1 saturated heterocycles. The molecular weight excluding hydrogens is 310 g/mol. The highest BCUT2D eigenvalue weighted by molar-refractivity contribution is 8.00. The van der Waals surface area contributed by atoms with Crippen molar-refractivity contribution in [1.82, 2.24) is 4.31 Å². The molecule has 5 nitrogen and oxygen atoms in total. The molecule has 0 aliphatic carbocycles. The molecule has 0 bridgehead atoms. The number of nitrogens with zero attached hydrogens (tertiary/aromatic N) is 1. The van der Waals surface area contributed by atoms with E-state index < -0.39 is 16.0 Å². The van der Waals surface area contributed by atoms with E-state index in [9.17, 15) is 13.2 Å². The Bertz CT molecular complexity index is 642. The van der Waals surface area contributed by atoms with Gasteiger partial charge >= 0.3 is 5.97 Å². The minimum atomic E-state index is -3.64. The molecule has 7 heteroatoms. The van der Waals surface area contributed by atoms with E-state index in [0.29, 0.717) is 25.1 Å². The van der Waals surface area contributed by atoms with Crippen LogP contribution in [0, 0.1) is 0 Å². The molecule has 0 aromatic heterocycles. The Hall–Kier alpha value is -1.05. The number of rotatable bonds is 4.